The molecule has 6 aliphatic rings. The molecule has 6 aromatic rings. The number of nitrogens with one attached hydrogen (secondary N) is 10. The first-order valence-electron chi connectivity index (χ1n) is 35.0. The van der Waals surface area contributed by atoms with Crippen LogP contribution in [0.4, 0.5) is 0 Å². The number of rotatable bonds is 14. The predicted octanol–water partition coefficient (Wildman–Crippen LogP) is 3.61. The maximum atomic E-state index is 15.2. The first-order chi connectivity index (χ1) is 49.4. The number of hydrogen-bond acceptors (Lipinski definition) is 15. The minimum absolute atomic E-state index is 0.00441. The molecule has 12 N–H and O–H groups in total. The Labute approximate surface area is 604 Å². The number of likely N-dealkylation sites (tertiary alicyclic amines) is 2. The summed E-state index contributed by atoms with van der Waals surface area (Å²) in [5.41, 5.74) is 1.14. The Morgan fingerprint density at radius 2 is 1.08 bits per heavy atom. The summed E-state index contributed by atoms with van der Waals surface area (Å²) >= 11 is 0. The lowest BCUT2D eigenvalue weighted by molar-refractivity contribution is -0.145. The molecule has 0 saturated carbocycles. The van der Waals surface area contributed by atoms with Crippen molar-refractivity contribution in [2.45, 2.75) is 166 Å². The fourth-order valence-corrected chi connectivity index (χ4v) is 13.0. The molecule has 0 radical (unpaired) electrons. The molecule has 5 aromatic carbocycles. The first kappa shape index (κ1) is 77.6. The molecule has 0 aliphatic carbocycles. The molecule has 2 fully saturated rings. The first-order valence-corrected chi connectivity index (χ1v) is 35.0. The molecule has 7 heterocycles. The SMILES string of the molecule is CN[C@@H](C)C(=O)N[C@H](C(=O)N1C[C@@H]2CC1C(=O)N[C@@H](Cc1c[nH]c3ccccc13)C(=O)N[C@H](C(=O)O)Cc1ccc(cc1)C(=O)N[C@H]1C[C@@H](C(=O)N[C@@H](Cc3ccc4ccccc4c3)C(=O)N[C@H](C(=O)O)Cc3ccc(cc3)OC/C=C/CO2)N(C(=O)[C@@H](NC(=O)[C@H](C)NC)C(C)(C)C)C1)C(C)(C)C. The molecule has 12 atom stereocenters. The second kappa shape index (κ2) is 34.2. The van der Waals surface area contributed by atoms with Gasteiger partial charge < -0.3 is 82.3 Å². The van der Waals surface area contributed by atoms with E-state index in [9.17, 15) is 48.6 Å². The number of ether oxygens (including phenoxy) is 2. The van der Waals surface area contributed by atoms with Gasteiger partial charge in [-0.1, -0.05) is 133 Å². The van der Waals surface area contributed by atoms with E-state index in [1.807, 2.05) is 60.7 Å². The molecule has 2 saturated heterocycles. The number of carboxylic acid groups (broad SMARTS) is 2. The highest BCUT2D eigenvalue weighted by Gasteiger charge is 2.49. The molecule has 104 heavy (non-hydrogen) atoms. The molecule has 1 aromatic heterocycles. The number of aromatic amines is 1. The zero-order chi connectivity index (χ0) is 75.3. The van der Waals surface area contributed by atoms with Crippen molar-refractivity contribution in [2.24, 2.45) is 10.8 Å². The Morgan fingerprint density at radius 3 is 1.63 bits per heavy atom. The fraction of sp³-hybridized carbons (Fsp3) is 0.442. The van der Waals surface area contributed by atoms with Gasteiger partial charge >= 0.3 is 11.9 Å². The molecular weight excluding hydrogens is 1330 g/mol. The smallest absolute Gasteiger partial charge is 0.326 e. The zero-order valence-electron chi connectivity index (χ0n) is 60.3. The van der Waals surface area contributed by atoms with E-state index in [1.165, 1.54) is 34.1 Å². The average molecular weight is 1430 g/mol. The molecule has 554 valence electrons. The minimum Gasteiger partial charge on any atom is -0.490 e. The predicted molar refractivity (Wildman–Crippen MR) is 389 cm³/mol. The van der Waals surface area contributed by atoms with Gasteiger partial charge in [-0.2, -0.15) is 0 Å². The van der Waals surface area contributed by atoms with E-state index in [2.05, 4.69) is 52.8 Å². The van der Waals surface area contributed by atoms with Gasteiger partial charge in [0.2, 0.25) is 47.3 Å². The van der Waals surface area contributed by atoms with Crippen LogP contribution in [-0.2, 0) is 78.4 Å². The lowest BCUT2D eigenvalue weighted by Crippen LogP contribution is -2.61. The van der Waals surface area contributed by atoms with Gasteiger partial charge in [0.1, 0.15) is 60.7 Å². The Balaban J connectivity index is 1.05. The molecule has 9 amide bonds. The van der Waals surface area contributed by atoms with Crippen molar-refractivity contribution in [1.29, 1.82) is 0 Å². The van der Waals surface area contributed by atoms with Gasteiger partial charge in [-0.3, -0.25) is 43.2 Å². The van der Waals surface area contributed by atoms with Gasteiger partial charge in [0.25, 0.3) is 5.91 Å². The van der Waals surface area contributed by atoms with Crippen molar-refractivity contribution >= 4 is 86.8 Å². The van der Waals surface area contributed by atoms with E-state index in [0.717, 1.165) is 21.7 Å². The van der Waals surface area contributed by atoms with Gasteiger partial charge in [0, 0.05) is 73.9 Å². The molecular formula is C77H96N12O15. The number of H-pyrrole nitrogens is 1. The van der Waals surface area contributed by atoms with Crippen molar-refractivity contribution in [3.05, 3.63) is 161 Å². The molecule has 8 bridgehead atoms. The lowest BCUT2D eigenvalue weighted by atomic mass is 9.85. The van der Waals surface area contributed by atoms with Crippen LogP contribution in [0.25, 0.3) is 21.7 Å². The number of likely N-dealkylation sites (N-methyl/N-ethyl adjacent to an activating group) is 2. The van der Waals surface area contributed by atoms with Crippen molar-refractivity contribution in [3.63, 3.8) is 0 Å². The number of carbonyl (C=O) groups is 11. The van der Waals surface area contributed by atoms with Crippen molar-refractivity contribution < 1.29 is 72.4 Å². The molecule has 27 nitrogen and oxygen atoms in total. The lowest BCUT2D eigenvalue weighted by Gasteiger charge is -2.36. The summed E-state index contributed by atoms with van der Waals surface area (Å²) in [6.45, 7) is 13.6. The Hall–Kier alpha value is -10.5. The molecule has 12 rings (SSSR count). The number of fused-ring (bicyclic) bond motifs is 2. The number of hydrogen-bond donors (Lipinski definition) is 12. The largest absolute Gasteiger partial charge is 0.490 e. The van der Waals surface area contributed by atoms with Crippen LogP contribution >= 0.6 is 0 Å². The van der Waals surface area contributed by atoms with Crippen molar-refractivity contribution in [3.8, 4) is 5.75 Å². The van der Waals surface area contributed by atoms with E-state index in [1.54, 1.807) is 118 Å². The molecule has 1 unspecified atom stereocenters. The summed E-state index contributed by atoms with van der Waals surface area (Å²) < 4.78 is 12.3. The van der Waals surface area contributed by atoms with Gasteiger partial charge in [-0.25, -0.2) is 9.59 Å². The Bertz CT molecular complexity index is 4170. The summed E-state index contributed by atoms with van der Waals surface area (Å²) in [7, 11) is 3.19. The topological polar surface area (TPSA) is 377 Å². The third kappa shape index (κ3) is 19.8. The van der Waals surface area contributed by atoms with E-state index in [-0.39, 0.29) is 70.4 Å². The summed E-state index contributed by atoms with van der Waals surface area (Å²) in [4.78, 5) is 163. The van der Waals surface area contributed by atoms with Gasteiger partial charge in [0.15, 0.2) is 0 Å². The van der Waals surface area contributed by atoms with Crippen LogP contribution < -0.4 is 52.6 Å². The molecule has 27 heteroatoms. The van der Waals surface area contributed by atoms with Gasteiger partial charge in [0.05, 0.1) is 24.8 Å². The van der Waals surface area contributed by atoms with Crippen LogP contribution in [0.1, 0.15) is 101 Å². The quantitative estimate of drug-likeness (QED) is 0.0693. The van der Waals surface area contributed by atoms with E-state index >= 15 is 14.4 Å². The van der Waals surface area contributed by atoms with Crippen LogP contribution in [0.5, 0.6) is 5.75 Å². The number of para-hydroxylation sites is 1. The zero-order valence-corrected chi connectivity index (χ0v) is 60.3. The highest BCUT2D eigenvalue weighted by Crippen LogP contribution is 2.31. The van der Waals surface area contributed by atoms with Gasteiger partial charge in [-0.05, 0) is 115 Å². The Morgan fingerprint density at radius 1 is 0.567 bits per heavy atom. The third-order valence-corrected chi connectivity index (χ3v) is 19.3. The number of nitrogens with zero attached hydrogens (tertiary/aromatic N) is 2. The number of carbonyl (C=O) groups excluding carboxylic acids is 9. The standard InChI is InChI=1S/C77H96N12O15/c1-43(78-9)65(90)86-63(76(3,4)5)72(97)88-41-52-38-61(88)70(95)82-57(36-47-23-26-48-17-11-12-18-50(48)33-47)68(93)84-60(75(101)102)35-46-24-29-53(30-25-46)103-31-15-16-32-104-54-39-62(89(42-54)73(98)64(77(6,7)8)87-66(91)44(2)79-10)71(96)83-58(37-51-40-80-56-20-14-13-19-55(51)56)69(94)85-59(74(99)100)34-45-21-27-49(28-22-45)67(92)81-52/h11-30,33,40,43-44,52,54,57-64,78-80H,31-32,34-39,41-42H2,1-10H3,(H,81,92)(H,82,95)(H,83,96)(H,84,93)(H,85,94)(H,86,90)(H,87,91)(H,99,100)(H,101,102)/b16-15+/t43-,44-,52-,54-,57-,58-,59-,60-,61-,62?,63+,64+/m0/s1. The summed E-state index contributed by atoms with van der Waals surface area (Å²) in [6.07, 6.45) is 3.38. The van der Waals surface area contributed by atoms with Crippen LogP contribution in [-0.4, -0.2) is 203 Å². The monoisotopic (exact) mass is 1430 g/mol. The third-order valence-electron chi connectivity index (χ3n) is 19.3. The van der Waals surface area contributed by atoms with Crippen LogP contribution in [0.3, 0.4) is 0 Å². The normalized spacial score (nSPS) is 22.9. The fourth-order valence-electron chi connectivity index (χ4n) is 13.0. The van der Waals surface area contributed by atoms with Gasteiger partial charge in [-0.15, -0.1) is 0 Å². The second-order valence-electron chi connectivity index (χ2n) is 29.1. The summed E-state index contributed by atoms with van der Waals surface area (Å²) in [5, 5.41) is 49.3. The Kier molecular flexibility index (Phi) is 25.5. The van der Waals surface area contributed by atoms with E-state index in [0.29, 0.717) is 28.0 Å². The number of amides is 9. The molecule has 0 spiro atoms. The number of benzene rings is 5. The van der Waals surface area contributed by atoms with Crippen LogP contribution in [0.15, 0.2) is 134 Å². The summed E-state index contributed by atoms with van der Waals surface area (Å²) in [6, 6.07) is 19.6. The van der Waals surface area contributed by atoms with E-state index < -0.39 is 148 Å². The van der Waals surface area contributed by atoms with E-state index in [4.69, 9.17) is 9.47 Å². The minimum atomic E-state index is -1.59. The van der Waals surface area contributed by atoms with Crippen LogP contribution in [0.2, 0.25) is 0 Å². The van der Waals surface area contributed by atoms with Crippen molar-refractivity contribution in [1.82, 2.24) is 62.6 Å². The van der Waals surface area contributed by atoms with Crippen LogP contribution in [0, 0.1) is 10.8 Å². The van der Waals surface area contributed by atoms with Crippen molar-refractivity contribution in [2.75, 3.05) is 40.4 Å². The molecule has 6 aliphatic heterocycles. The highest BCUT2D eigenvalue weighted by atomic mass is 16.5. The average Bonchev–Trinajstić information content (AvgIpc) is 1.62. The number of aliphatic carboxylic acids is 2. The summed E-state index contributed by atoms with van der Waals surface area (Å²) in [5.74, 6) is -8.47. The number of carboxylic acids is 2. The highest BCUT2D eigenvalue weighted by molar-refractivity contribution is 5.99. The second-order valence-corrected chi connectivity index (χ2v) is 29.1. The maximum absolute atomic E-state index is 15.2. The number of aromatic nitrogens is 1. The maximum Gasteiger partial charge on any atom is 0.326 e.